The SMILES string of the molecule is C[C@@H]1C[C@H](n2c(Nc3ccc(OC(F)(F)F)cc3)nc3nc(CCC(=O)O)ccc32)CC(C)(C)C1. The number of imidazole rings is 1. The normalized spacial score (nSPS) is 20.1. The predicted molar refractivity (Wildman–Crippen MR) is 126 cm³/mol. The Morgan fingerprint density at radius 3 is 2.51 bits per heavy atom. The third kappa shape index (κ3) is 6.23. The lowest BCUT2D eigenvalue weighted by Crippen LogP contribution is -2.29. The van der Waals surface area contributed by atoms with Crippen molar-refractivity contribution in [1.82, 2.24) is 14.5 Å². The summed E-state index contributed by atoms with van der Waals surface area (Å²) in [4.78, 5) is 20.3. The van der Waals surface area contributed by atoms with Crippen molar-refractivity contribution in [2.75, 3.05) is 5.32 Å². The zero-order valence-corrected chi connectivity index (χ0v) is 19.9. The Balaban J connectivity index is 1.70. The van der Waals surface area contributed by atoms with E-state index in [1.54, 1.807) is 0 Å². The van der Waals surface area contributed by atoms with Gasteiger partial charge >= 0.3 is 12.3 Å². The maximum absolute atomic E-state index is 12.5. The summed E-state index contributed by atoms with van der Waals surface area (Å²) in [6, 6.07) is 9.40. The second-order valence-corrected chi connectivity index (χ2v) is 10.1. The van der Waals surface area contributed by atoms with Gasteiger partial charge in [0.2, 0.25) is 5.95 Å². The molecule has 1 aromatic carbocycles. The molecule has 0 spiro atoms. The van der Waals surface area contributed by atoms with Crippen molar-refractivity contribution < 1.29 is 27.8 Å². The summed E-state index contributed by atoms with van der Waals surface area (Å²) < 4.78 is 43.6. The van der Waals surface area contributed by atoms with Gasteiger partial charge in [0.05, 0.1) is 11.9 Å². The van der Waals surface area contributed by atoms with Crippen molar-refractivity contribution in [3.63, 3.8) is 0 Å². The molecule has 2 aromatic heterocycles. The summed E-state index contributed by atoms with van der Waals surface area (Å²) in [6.07, 6.45) is -1.45. The van der Waals surface area contributed by atoms with Crippen LogP contribution in [0.3, 0.4) is 0 Å². The molecule has 10 heteroatoms. The maximum atomic E-state index is 12.5. The highest BCUT2D eigenvalue weighted by atomic mass is 19.4. The molecule has 4 rings (SSSR count). The average Bonchev–Trinajstić information content (AvgIpc) is 3.08. The first kappa shape index (κ1) is 24.8. The van der Waals surface area contributed by atoms with E-state index in [2.05, 4.69) is 40.4 Å². The Morgan fingerprint density at radius 1 is 1.17 bits per heavy atom. The molecule has 188 valence electrons. The van der Waals surface area contributed by atoms with Crippen LogP contribution in [0, 0.1) is 11.3 Å². The van der Waals surface area contributed by atoms with Gasteiger partial charge in [-0.3, -0.25) is 4.79 Å². The van der Waals surface area contributed by atoms with Crippen LogP contribution in [0.25, 0.3) is 11.2 Å². The van der Waals surface area contributed by atoms with E-state index in [0.717, 1.165) is 24.8 Å². The fourth-order valence-electron chi connectivity index (χ4n) is 5.21. The number of halogens is 3. The smallest absolute Gasteiger partial charge is 0.481 e. The summed E-state index contributed by atoms with van der Waals surface area (Å²) in [6.45, 7) is 6.74. The van der Waals surface area contributed by atoms with E-state index in [-0.39, 0.29) is 23.6 Å². The van der Waals surface area contributed by atoms with Crippen molar-refractivity contribution in [3.05, 3.63) is 42.1 Å². The second kappa shape index (κ2) is 9.39. The Kier molecular flexibility index (Phi) is 6.66. The van der Waals surface area contributed by atoms with Crippen molar-refractivity contribution in [2.45, 2.75) is 65.3 Å². The molecule has 0 saturated heterocycles. The lowest BCUT2D eigenvalue weighted by atomic mass is 9.70. The van der Waals surface area contributed by atoms with Crippen LogP contribution in [-0.2, 0) is 11.2 Å². The quantitative estimate of drug-likeness (QED) is 0.394. The second-order valence-electron chi connectivity index (χ2n) is 10.1. The molecular formula is C25H29F3N4O3. The summed E-state index contributed by atoms with van der Waals surface area (Å²) in [5.41, 5.74) is 2.68. The Hall–Kier alpha value is -3.30. The van der Waals surface area contributed by atoms with Gasteiger partial charge in [0, 0.05) is 23.8 Å². The molecule has 0 unspecified atom stereocenters. The van der Waals surface area contributed by atoms with Crippen LogP contribution in [-0.4, -0.2) is 32.0 Å². The molecule has 0 amide bonds. The number of ether oxygens (including phenoxy) is 1. The molecular weight excluding hydrogens is 461 g/mol. The van der Waals surface area contributed by atoms with E-state index in [4.69, 9.17) is 10.1 Å². The van der Waals surface area contributed by atoms with E-state index in [1.807, 2.05) is 12.1 Å². The molecule has 0 radical (unpaired) electrons. The Morgan fingerprint density at radius 2 is 1.89 bits per heavy atom. The van der Waals surface area contributed by atoms with Crippen molar-refractivity contribution in [3.8, 4) is 5.75 Å². The molecule has 2 N–H and O–H groups in total. The number of carbonyl (C=O) groups is 1. The number of nitrogens with one attached hydrogen (secondary N) is 1. The number of anilines is 2. The van der Waals surface area contributed by atoms with Crippen LogP contribution in [0.1, 0.15) is 58.2 Å². The van der Waals surface area contributed by atoms with Crippen LogP contribution in [0.5, 0.6) is 5.75 Å². The predicted octanol–water partition coefficient (Wildman–Crippen LogP) is 6.48. The standard InChI is InChI=1S/C25H29F3N4O3/c1-15-12-18(14-24(2,3)13-15)32-20-10-6-16(7-11-21(33)34)29-22(20)31-23(32)30-17-4-8-19(9-5-17)35-25(26,27)28/h4-6,8-10,15,18H,7,11-14H2,1-3H3,(H,33,34)(H,29,30,31)/t15-,18+/m1/s1. The van der Waals surface area contributed by atoms with E-state index in [9.17, 15) is 18.0 Å². The molecule has 7 nitrogen and oxygen atoms in total. The third-order valence-electron chi connectivity index (χ3n) is 6.28. The summed E-state index contributed by atoms with van der Waals surface area (Å²) in [7, 11) is 0. The van der Waals surface area contributed by atoms with Crippen molar-refractivity contribution >= 4 is 28.8 Å². The fraction of sp³-hybridized carbons (Fsp3) is 0.480. The average molecular weight is 491 g/mol. The first-order chi connectivity index (χ1) is 16.4. The first-order valence-electron chi connectivity index (χ1n) is 11.6. The zero-order chi connectivity index (χ0) is 25.4. The van der Waals surface area contributed by atoms with Crippen molar-refractivity contribution in [1.29, 1.82) is 0 Å². The number of pyridine rings is 1. The number of aromatic nitrogens is 3. The summed E-state index contributed by atoms with van der Waals surface area (Å²) >= 11 is 0. The highest BCUT2D eigenvalue weighted by Crippen LogP contribution is 2.46. The fourth-order valence-corrected chi connectivity index (χ4v) is 5.21. The van der Waals surface area contributed by atoms with Gasteiger partial charge in [0.1, 0.15) is 5.75 Å². The number of alkyl halides is 3. The number of aliphatic carboxylic acids is 1. The first-order valence-corrected chi connectivity index (χ1v) is 11.6. The Labute approximate surface area is 201 Å². The van der Waals surface area contributed by atoms with Gasteiger partial charge in [-0.25, -0.2) is 4.98 Å². The van der Waals surface area contributed by atoms with E-state index in [0.29, 0.717) is 35.3 Å². The zero-order valence-electron chi connectivity index (χ0n) is 19.9. The molecule has 3 aromatic rings. The van der Waals surface area contributed by atoms with E-state index >= 15 is 0 Å². The number of rotatable bonds is 7. The number of nitrogens with zero attached hydrogens (tertiary/aromatic N) is 3. The van der Waals surface area contributed by atoms with Gasteiger partial charge < -0.3 is 19.7 Å². The number of benzene rings is 1. The van der Waals surface area contributed by atoms with Gasteiger partial charge in [-0.1, -0.05) is 20.8 Å². The monoisotopic (exact) mass is 490 g/mol. The van der Waals surface area contributed by atoms with E-state index < -0.39 is 12.3 Å². The van der Waals surface area contributed by atoms with Crippen LogP contribution in [0.4, 0.5) is 24.8 Å². The van der Waals surface area contributed by atoms with Gasteiger partial charge in [-0.15, -0.1) is 13.2 Å². The number of fused-ring (bicyclic) bond motifs is 1. The van der Waals surface area contributed by atoms with Crippen LogP contribution in [0.15, 0.2) is 36.4 Å². The highest BCUT2D eigenvalue weighted by Gasteiger charge is 2.35. The summed E-state index contributed by atoms with van der Waals surface area (Å²) in [5.74, 6) is -0.141. The molecule has 0 bridgehead atoms. The molecule has 2 heterocycles. The molecule has 35 heavy (non-hydrogen) atoms. The maximum Gasteiger partial charge on any atom is 0.573 e. The lowest BCUT2D eigenvalue weighted by molar-refractivity contribution is -0.274. The van der Waals surface area contributed by atoms with Gasteiger partial charge in [0.25, 0.3) is 0 Å². The third-order valence-corrected chi connectivity index (χ3v) is 6.28. The van der Waals surface area contributed by atoms with E-state index in [1.165, 1.54) is 24.3 Å². The molecule has 1 saturated carbocycles. The minimum absolute atomic E-state index is 0.0228. The number of aryl methyl sites for hydroxylation is 1. The van der Waals surface area contributed by atoms with Gasteiger partial charge in [-0.05, 0) is 67.0 Å². The van der Waals surface area contributed by atoms with Crippen molar-refractivity contribution in [2.24, 2.45) is 11.3 Å². The Bertz CT molecular complexity index is 1210. The lowest BCUT2D eigenvalue weighted by Gasteiger charge is -2.40. The summed E-state index contributed by atoms with van der Waals surface area (Å²) in [5, 5.41) is 12.2. The minimum Gasteiger partial charge on any atom is -0.481 e. The number of carboxylic acid groups (broad SMARTS) is 1. The van der Waals surface area contributed by atoms with Gasteiger partial charge in [-0.2, -0.15) is 4.98 Å². The van der Waals surface area contributed by atoms with Crippen LogP contribution >= 0.6 is 0 Å². The molecule has 2 atom stereocenters. The molecule has 1 fully saturated rings. The molecule has 1 aliphatic rings. The van der Waals surface area contributed by atoms with Gasteiger partial charge in [0.15, 0.2) is 5.65 Å². The van der Waals surface area contributed by atoms with Crippen LogP contribution in [0.2, 0.25) is 0 Å². The largest absolute Gasteiger partial charge is 0.573 e. The number of hydrogen-bond acceptors (Lipinski definition) is 5. The van der Waals surface area contributed by atoms with Crippen LogP contribution < -0.4 is 10.1 Å². The number of hydrogen-bond donors (Lipinski definition) is 2. The molecule has 0 aliphatic heterocycles. The minimum atomic E-state index is -4.75. The molecule has 1 aliphatic carbocycles. The highest BCUT2D eigenvalue weighted by molar-refractivity contribution is 5.77. The number of carboxylic acids is 1. The topological polar surface area (TPSA) is 89.3 Å².